The van der Waals surface area contributed by atoms with Gasteiger partial charge in [-0.2, -0.15) is 5.26 Å². The topological polar surface area (TPSA) is 90.7 Å². The number of aromatic nitrogens is 2. The SMILES string of the molecule is C=C(NNC(=O)CSc1cc(C)nc(SC)n1)c1ccc(C#N)cc1. The quantitative estimate of drug-likeness (QED) is 0.335. The fraction of sp³-hybridized carbons (Fsp3) is 0.176. The van der Waals surface area contributed by atoms with Gasteiger partial charge in [0.15, 0.2) is 5.16 Å². The number of hydrazine groups is 1. The third-order valence-corrected chi connectivity index (χ3v) is 4.52. The summed E-state index contributed by atoms with van der Waals surface area (Å²) in [6.45, 7) is 5.76. The Balaban J connectivity index is 1.83. The largest absolute Gasteiger partial charge is 0.299 e. The van der Waals surface area contributed by atoms with Crippen LogP contribution in [-0.4, -0.2) is 27.9 Å². The maximum atomic E-state index is 12.0. The number of amides is 1. The van der Waals surface area contributed by atoms with E-state index >= 15 is 0 Å². The number of nitrogens with one attached hydrogen (secondary N) is 2. The van der Waals surface area contributed by atoms with E-state index in [1.165, 1.54) is 23.5 Å². The number of hydrogen-bond donors (Lipinski definition) is 2. The molecule has 0 spiro atoms. The highest BCUT2D eigenvalue weighted by Crippen LogP contribution is 2.19. The van der Waals surface area contributed by atoms with Crippen molar-refractivity contribution in [1.82, 2.24) is 20.8 Å². The standard InChI is InChI=1S/C17H17N5OS2/c1-11-8-16(20-17(19-11)24-3)25-10-15(23)22-21-12(2)14-6-4-13(9-18)5-7-14/h4-8,21H,2,10H2,1,3H3,(H,22,23). The summed E-state index contributed by atoms with van der Waals surface area (Å²) in [5, 5.41) is 10.2. The first kappa shape index (κ1) is 18.8. The number of carbonyl (C=O) groups is 1. The Kier molecular flexibility index (Phi) is 6.86. The van der Waals surface area contributed by atoms with E-state index in [4.69, 9.17) is 5.26 Å². The number of aryl methyl sites for hydroxylation is 1. The molecule has 25 heavy (non-hydrogen) atoms. The van der Waals surface area contributed by atoms with E-state index in [0.29, 0.717) is 16.4 Å². The van der Waals surface area contributed by atoms with Gasteiger partial charge in [-0.05, 0) is 36.9 Å². The lowest BCUT2D eigenvalue weighted by Gasteiger charge is -2.11. The average molecular weight is 371 g/mol. The maximum Gasteiger partial charge on any atom is 0.248 e. The third-order valence-electron chi connectivity index (χ3n) is 3.06. The van der Waals surface area contributed by atoms with E-state index < -0.39 is 0 Å². The van der Waals surface area contributed by atoms with Crippen LogP contribution in [0, 0.1) is 18.3 Å². The summed E-state index contributed by atoms with van der Waals surface area (Å²) in [6, 6.07) is 10.8. The molecule has 0 unspecified atom stereocenters. The van der Waals surface area contributed by atoms with Gasteiger partial charge in [0, 0.05) is 5.69 Å². The van der Waals surface area contributed by atoms with Crippen molar-refractivity contribution in [3.05, 3.63) is 53.7 Å². The molecule has 2 aromatic rings. The van der Waals surface area contributed by atoms with E-state index in [1.807, 2.05) is 19.2 Å². The molecule has 1 aromatic heterocycles. The summed E-state index contributed by atoms with van der Waals surface area (Å²) in [5.41, 5.74) is 8.16. The molecular formula is C17H17N5OS2. The minimum atomic E-state index is -0.193. The highest BCUT2D eigenvalue weighted by Gasteiger charge is 2.07. The molecule has 2 rings (SSSR count). The first-order chi connectivity index (χ1) is 12.0. The molecule has 0 radical (unpaired) electrons. The monoisotopic (exact) mass is 371 g/mol. The van der Waals surface area contributed by atoms with Crippen LogP contribution in [0.2, 0.25) is 0 Å². The molecule has 1 amide bonds. The van der Waals surface area contributed by atoms with Crippen LogP contribution in [0.4, 0.5) is 0 Å². The number of nitriles is 1. The van der Waals surface area contributed by atoms with Crippen LogP contribution in [0.15, 0.2) is 47.1 Å². The summed E-state index contributed by atoms with van der Waals surface area (Å²) >= 11 is 2.81. The van der Waals surface area contributed by atoms with Gasteiger partial charge in [0.25, 0.3) is 0 Å². The predicted molar refractivity (Wildman–Crippen MR) is 101 cm³/mol. The lowest BCUT2D eigenvalue weighted by molar-refractivity contribution is -0.119. The molecule has 0 atom stereocenters. The van der Waals surface area contributed by atoms with Crippen molar-refractivity contribution in [3.8, 4) is 6.07 Å². The zero-order valence-electron chi connectivity index (χ0n) is 13.9. The second-order valence-electron chi connectivity index (χ2n) is 4.96. The molecular weight excluding hydrogens is 354 g/mol. The van der Waals surface area contributed by atoms with Crippen molar-refractivity contribution in [2.24, 2.45) is 0 Å². The van der Waals surface area contributed by atoms with Crippen molar-refractivity contribution in [2.75, 3.05) is 12.0 Å². The fourth-order valence-corrected chi connectivity index (χ4v) is 3.06. The zero-order valence-corrected chi connectivity index (χ0v) is 15.5. The van der Waals surface area contributed by atoms with Crippen molar-refractivity contribution in [3.63, 3.8) is 0 Å². The van der Waals surface area contributed by atoms with E-state index in [-0.39, 0.29) is 11.7 Å². The Labute approximate surface area is 155 Å². The van der Waals surface area contributed by atoms with Crippen LogP contribution in [0.5, 0.6) is 0 Å². The van der Waals surface area contributed by atoms with E-state index in [9.17, 15) is 4.79 Å². The van der Waals surface area contributed by atoms with Gasteiger partial charge >= 0.3 is 0 Å². The zero-order chi connectivity index (χ0) is 18.2. The summed E-state index contributed by atoms with van der Waals surface area (Å²) in [5.74, 6) is 0.0274. The Morgan fingerprint density at radius 1 is 1.28 bits per heavy atom. The number of nitrogens with zero attached hydrogens (tertiary/aromatic N) is 3. The highest BCUT2D eigenvalue weighted by atomic mass is 32.2. The normalized spacial score (nSPS) is 9.96. The molecule has 8 heteroatoms. The van der Waals surface area contributed by atoms with Gasteiger partial charge in [-0.3, -0.25) is 15.6 Å². The van der Waals surface area contributed by atoms with Gasteiger partial charge in [0.05, 0.1) is 23.1 Å². The van der Waals surface area contributed by atoms with Gasteiger partial charge in [-0.25, -0.2) is 9.97 Å². The fourth-order valence-electron chi connectivity index (χ4n) is 1.82. The van der Waals surface area contributed by atoms with Crippen molar-refractivity contribution >= 4 is 35.1 Å². The van der Waals surface area contributed by atoms with Crippen LogP contribution in [0.3, 0.4) is 0 Å². The first-order valence-electron chi connectivity index (χ1n) is 7.28. The van der Waals surface area contributed by atoms with Crippen LogP contribution in [-0.2, 0) is 4.79 Å². The minimum Gasteiger partial charge on any atom is -0.299 e. The van der Waals surface area contributed by atoms with E-state index in [2.05, 4.69) is 33.5 Å². The Bertz CT molecular complexity index is 815. The van der Waals surface area contributed by atoms with Gasteiger partial charge in [0.1, 0.15) is 5.03 Å². The van der Waals surface area contributed by atoms with Crippen molar-refractivity contribution in [2.45, 2.75) is 17.1 Å². The number of benzene rings is 1. The number of thioether (sulfide) groups is 2. The predicted octanol–water partition coefficient (Wildman–Crippen LogP) is 2.76. The third kappa shape index (κ3) is 5.81. The van der Waals surface area contributed by atoms with Gasteiger partial charge in [-0.15, -0.1) is 0 Å². The van der Waals surface area contributed by atoms with Gasteiger partial charge < -0.3 is 0 Å². The summed E-state index contributed by atoms with van der Waals surface area (Å²) in [7, 11) is 0. The maximum absolute atomic E-state index is 12.0. The second-order valence-corrected chi connectivity index (χ2v) is 6.73. The highest BCUT2D eigenvalue weighted by molar-refractivity contribution is 8.00. The summed E-state index contributed by atoms with van der Waals surface area (Å²) in [4.78, 5) is 20.6. The van der Waals surface area contributed by atoms with Crippen LogP contribution in [0.1, 0.15) is 16.8 Å². The molecule has 1 aromatic carbocycles. The molecule has 128 valence electrons. The van der Waals surface area contributed by atoms with Crippen LogP contribution < -0.4 is 10.9 Å². The van der Waals surface area contributed by atoms with Gasteiger partial charge in [-0.1, -0.05) is 42.2 Å². The number of carbonyl (C=O) groups excluding carboxylic acids is 1. The minimum absolute atomic E-state index is 0.193. The first-order valence-corrected chi connectivity index (χ1v) is 9.49. The molecule has 0 bridgehead atoms. The van der Waals surface area contributed by atoms with E-state index in [1.54, 1.807) is 24.3 Å². The molecule has 1 heterocycles. The molecule has 0 aliphatic carbocycles. The summed E-state index contributed by atoms with van der Waals surface area (Å²) < 4.78 is 0. The van der Waals surface area contributed by atoms with E-state index in [0.717, 1.165) is 16.3 Å². The number of rotatable bonds is 7. The van der Waals surface area contributed by atoms with Crippen molar-refractivity contribution in [1.29, 1.82) is 5.26 Å². The Morgan fingerprint density at radius 3 is 2.64 bits per heavy atom. The molecule has 0 saturated carbocycles. The Hall–Kier alpha value is -2.50. The molecule has 0 aliphatic heterocycles. The van der Waals surface area contributed by atoms with Gasteiger partial charge in [0.2, 0.25) is 5.91 Å². The smallest absolute Gasteiger partial charge is 0.248 e. The molecule has 0 fully saturated rings. The lowest BCUT2D eigenvalue weighted by atomic mass is 10.1. The second kappa shape index (κ2) is 9.11. The van der Waals surface area contributed by atoms with Crippen LogP contribution in [0.25, 0.3) is 5.70 Å². The Morgan fingerprint density at radius 2 is 2.00 bits per heavy atom. The summed E-state index contributed by atoms with van der Waals surface area (Å²) in [6.07, 6.45) is 1.91. The van der Waals surface area contributed by atoms with Crippen LogP contribution >= 0.6 is 23.5 Å². The molecule has 2 N–H and O–H groups in total. The molecule has 0 aliphatic rings. The molecule has 0 saturated heterocycles. The number of hydrogen-bond acceptors (Lipinski definition) is 7. The lowest BCUT2D eigenvalue weighted by Crippen LogP contribution is -2.37. The van der Waals surface area contributed by atoms with Crippen molar-refractivity contribution < 1.29 is 4.79 Å². The average Bonchev–Trinajstić information content (AvgIpc) is 2.64. The molecule has 6 nitrogen and oxygen atoms in total.